The van der Waals surface area contributed by atoms with Crippen molar-refractivity contribution < 1.29 is 14.3 Å². The van der Waals surface area contributed by atoms with Gasteiger partial charge in [-0.1, -0.05) is 0 Å². The third-order valence-corrected chi connectivity index (χ3v) is 5.78. The van der Waals surface area contributed by atoms with Crippen LogP contribution in [-0.2, 0) is 4.74 Å². The zero-order valence-corrected chi connectivity index (χ0v) is 18.0. The fraction of sp³-hybridized carbons (Fsp3) is 0.364. The molecule has 1 N–H and O–H groups in total. The summed E-state index contributed by atoms with van der Waals surface area (Å²) in [4.78, 5) is 27.2. The summed E-state index contributed by atoms with van der Waals surface area (Å²) in [6.45, 7) is 7.03. The molecule has 3 heterocycles. The Kier molecular flexibility index (Phi) is 6.06. The van der Waals surface area contributed by atoms with E-state index >= 15 is 0 Å². The summed E-state index contributed by atoms with van der Waals surface area (Å²) in [5.41, 5.74) is 2.92. The lowest BCUT2D eigenvalue weighted by atomic mass is 10.1. The molecule has 1 aliphatic rings. The van der Waals surface area contributed by atoms with Crippen LogP contribution in [-0.4, -0.2) is 40.2 Å². The van der Waals surface area contributed by atoms with Gasteiger partial charge in [-0.2, -0.15) is 0 Å². The van der Waals surface area contributed by atoms with E-state index < -0.39 is 0 Å². The number of aromatic nitrogens is 3. The van der Waals surface area contributed by atoms with Gasteiger partial charge in [-0.25, -0.2) is 4.98 Å². The van der Waals surface area contributed by atoms with Crippen molar-refractivity contribution in [1.29, 1.82) is 0 Å². The van der Waals surface area contributed by atoms with Crippen molar-refractivity contribution in [1.82, 2.24) is 20.3 Å². The number of hydrogen-bond donors (Lipinski definition) is 1. The number of nitrogens with one attached hydrogen (secondary N) is 1. The van der Waals surface area contributed by atoms with Crippen LogP contribution >= 0.6 is 11.3 Å². The third kappa shape index (κ3) is 4.83. The van der Waals surface area contributed by atoms with Gasteiger partial charge in [0, 0.05) is 34.8 Å². The smallest absolute Gasteiger partial charge is 0.251 e. The molecular formula is C22H24N4O3S. The van der Waals surface area contributed by atoms with Gasteiger partial charge >= 0.3 is 0 Å². The molecular weight excluding hydrogens is 400 g/mol. The first-order chi connectivity index (χ1) is 14.5. The molecule has 0 aliphatic carbocycles. The average Bonchev–Trinajstić information content (AvgIpc) is 3.40. The van der Waals surface area contributed by atoms with Crippen LogP contribution in [0.4, 0.5) is 0 Å². The number of nitrogens with zero attached hydrogens (tertiary/aromatic N) is 3. The lowest BCUT2D eigenvalue weighted by molar-refractivity contribution is 0.0938. The molecule has 0 spiro atoms. The molecule has 0 bridgehead atoms. The van der Waals surface area contributed by atoms with E-state index in [4.69, 9.17) is 9.47 Å². The zero-order chi connectivity index (χ0) is 21.1. The van der Waals surface area contributed by atoms with Crippen LogP contribution in [0.15, 0.2) is 36.8 Å². The Morgan fingerprint density at radius 3 is 2.73 bits per heavy atom. The van der Waals surface area contributed by atoms with Crippen LogP contribution in [0.1, 0.15) is 46.0 Å². The van der Waals surface area contributed by atoms with Gasteiger partial charge in [-0.05, 0) is 39.0 Å². The average molecular weight is 425 g/mol. The topological polar surface area (TPSA) is 86.2 Å². The third-order valence-electron chi connectivity index (χ3n) is 4.82. The molecule has 1 aliphatic heterocycles. The molecule has 1 fully saturated rings. The molecule has 1 saturated heterocycles. The molecule has 1 amide bonds. The Balaban J connectivity index is 1.59. The van der Waals surface area contributed by atoms with Gasteiger partial charge in [0.2, 0.25) is 0 Å². The van der Waals surface area contributed by atoms with Gasteiger partial charge in [0.05, 0.1) is 36.8 Å². The first-order valence-corrected chi connectivity index (χ1v) is 10.7. The van der Waals surface area contributed by atoms with E-state index in [1.54, 1.807) is 29.8 Å². The largest absolute Gasteiger partial charge is 0.488 e. The molecule has 0 saturated carbocycles. The maximum atomic E-state index is 13.0. The van der Waals surface area contributed by atoms with Gasteiger partial charge in [0.25, 0.3) is 5.91 Å². The summed E-state index contributed by atoms with van der Waals surface area (Å²) >= 11 is 1.58. The van der Waals surface area contributed by atoms with Crippen LogP contribution in [0.5, 0.6) is 5.75 Å². The van der Waals surface area contributed by atoms with Crippen LogP contribution in [0.2, 0.25) is 0 Å². The van der Waals surface area contributed by atoms with Crippen molar-refractivity contribution in [2.24, 2.45) is 0 Å². The second-order valence-electron chi connectivity index (χ2n) is 7.40. The Labute approximate surface area is 179 Å². The van der Waals surface area contributed by atoms with E-state index in [0.29, 0.717) is 30.2 Å². The number of ether oxygens (including phenoxy) is 2. The number of hydrogen-bond acceptors (Lipinski definition) is 7. The fourth-order valence-corrected chi connectivity index (χ4v) is 3.94. The minimum Gasteiger partial charge on any atom is -0.488 e. The van der Waals surface area contributed by atoms with E-state index in [1.165, 1.54) is 0 Å². The Morgan fingerprint density at radius 1 is 1.20 bits per heavy atom. The number of thiazole rings is 1. The summed E-state index contributed by atoms with van der Waals surface area (Å²) in [6, 6.07) is 5.27. The van der Waals surface area contributed by atoms with E-state index in [2.05, 4.69) is 20.3 Å². The molecule has 1 aromatic carbocycles. The molecule has 3 aromatic rings. The predicted octanol–water partition coefficient (Wildman–Crippen LogP) is 3.88. The highest BCUT2D eigenvalue weighted by molar-refractivity contribution is 7.14. The normalized spacial score (nSPS) is 17.0. The fourth-order valence-electron chi connectivity index (χ4n) is 3.19. The molecule has 0 radical (unpaired) electrons. The second-order valence-corrected chi connectivity index (χ2v) is 8.64. The minimum atomic E-state index is -0.274. The summed E-state index contributed by atoms with van der Waals surface area (Å²) in [6.07, 6.45) is 6.04. The van der Waals surface area contributed by atoms with Gasteiger partial charge in [0.1, 0.15) is 16.9 Å². The van der Waals surface area contributed by atoms with Gasteiger partial charge in [-0.15, -0.1) is 11.3 Å². The molecule has 1 unspecified atom stereocenters. The summed E-state index contributed by atoms with van der Waals surface area (Å²) < 4.78 is 11.5. The first-order valence-electron chi connectivity index (χ1n) is 9.89. The number of amides is 1. The van der Waals surface area contributed by atoms with Crippen LogP contribution in [0.25, 0.3) is 10.6 Å². The van der Waals surface area contributed by atoms with Crippen molar-refractivity contribution >= 4 is 17.2 Å². The van der Waals surface area contributed by atoms with Crippen molar-refractivity contribution in [2.45, 2.75) is 39.3 Å². The van der Waals surface area contributed by atoms with Crippen molar-refractivity contribution in [3.63, 3.8) is 0 Å². The lowest BCUT2D eigenvalue weighted by Crippen LogP contribution is -2.27. The van der Waals surface area contributed by atoms with Crippen molar-refractivity contribution in [3.8, 4) is 16.3 Å². The predicted molar refractivity (Wildman–Crippen MR) is 115 cm³/mol. The lowest BCUT2D eigenvalue weighted by Gasteiger charge is -2.16. The van der Waals surface area contributed by atoms with Gasteiger partial charge < -0.3 is 14.8 Å². The van der Waals surface area contributed by atoms with Crippen LogP contribution < -0.4 is 10.1 Å². The quantitative estimate of drug-likeness (QED) is 0.646. The number of carbonyl (C=O) groups excluding carboxylic acids is 1. The number of aryl methyl sites for hydroxylation is 2. The molecule has 30 heavy (non-hydrogen) atoms. The Morgan fingerprint density at radius 2 is 2.07 bits per heavy atom. The van der Waals surface area contributed by atoms with Crippen LogP contribution in [0, 0.1) is 13.8 Å². The SMILES string of the molecule is Cc1cnc(C(C)NC(=O)c2cc(O[C@H]3CCOC3)cc(-c3ncc(C)s3)c2)cn1. The van der Waals surface area contributed by atoms with Crippen LogP contribution in [0.3, 0.4) is 0 Å². The second kappa shape index (κ2) is 8.89. The van der Waals surface area contributed by atoms with E-state index in [1.807, 2.05) is 39.1 Å². The molecule has 4 rings (SSSR count). The number of rotatable bonds is 6. The van der Waals surface area contributed by atoms with Gasteiger partial charge in [0.15, 0.2) is 0 Å². The molecule has 8 heteroatoms. The summed E-state index contributed by atoms with van der Waals surface area (Å²) in [5, 5.41) is 3.85. The molecule has 156 valence electrons. The maximum Gasteiger partial charge on any atom is 0.251 e. The summed E-state index contributed by atoms with van der Waals surface area (Å²) in [7, 11) is 0. The van der Waals surface area contributed by atoms with E-state index in [9.17, 15) is 4.79 Å². The number of benzene rings is 1. The highest BCUT2D eigenvalue weighted by atomic mass is 32.1. The summed E-state index contributed by atoms with van der Waals surface area (Å²) in [5.74, 6) is 0.441. The Bertz CT molecular complexity index is 1030. The Hall–Kier alpha value is -2.84. The highest BCUT2D eigenvalue weighted by Crippen LogP contribution is 2.30. The maximum absolute atomic E-state index is 13.0. The molecule has 2 atom stereocenters. The molecule has 2 aromatic heterocycles. The van der Waals surface area contributed by atoms with Crippen molar-refractivity contribution in [2.75, 3.05) is 13.2 Å². The monoisotopic (exact) mass is 424 g/mol. The van der Waals surface area contributed by atoms with Crippen molar-refractivity contribution in [3.05, 3.63) is 58.6 Å². The van der Waals surface area contributed by atoms with Gasteiger partial charge in [-0.3, -0.25) is 14.8 Å². The molecule has 7 nitrogen and oxygen atoms in total. The first kappa shape index (κ1) is 20.4. The van der Waals surface area contributed by atoms with E-state index in [-0.39, 0.29) is 18.1 Å². The minimum absolute atomic E-state index is 0.00375. The highest BCUT2D eigenvalue weighted by Gasteiger charge is 2.20. The number of carbonyl (C=O) groups is 1. The zero-order valence-electron chi connectivity index (χ0n) is 17.2. The van der Waals surface area contributed by atoms with E-state index in [0.717, 1.165) is 27.6 Å². The standard InChI is InChI=1S/C22H24N4O3S/c1-13-9-24-20(11-23-13)15(3)26-21(27)16-6-17(22-25-10-14(2)30-22)8-19(7-16)29-18-4-5-28-12-18/h6-11,15,18H,4-5,12H2,1-3H3,(H,26,27)/t15?,18-/m0/s1.